The highest BCUT2D eigenvalue weighted by molar-refractivity contribution is 5.87. The first-order chi connectivity index (χ1) is 7.74. The van der Waals surface area contributed by atoms with E-state index in [2.05, 4.69) is 15.0 Å². The van der Waals surface area contributed by atoms with Crippen LogP contribution in [0.4, 0.5) is 0 Å². The highest BCUT2D eigenvalue weighted by Gasteiger charge is 2.00. The number of methoxy groups -OCH3 is 1. The molecule has 0 aromatic carbocycles. The second-order valence-electron chi connectivity index (χ2n) is 3.37. The molecule has 0 aliphatic rings. The summed E-state index contributed by atoms with van der Waals surface area (Å²) in [4.78, 5) is 15.0. The van der Waals surface area contributed by atoms with Gasteiger partial charge in [0.05, 0.1) is 7.11 Å². The number of hydrogen-bond donors (Lipinski definition) is 1. The van der Waals surface area contributed by atoms with Gasteiger partial charge in [-0.2, -0.15) is 0 Å². The number of ether oxygens (including phenoxy) is 1. The van der Waals surface area contributed by atoms with Crippen LogP contribution in [0, 0.1) is 0 Å². The van der Waals surface area contributed by atoms with Crippen molar-refractivity contribution in [2.24, 2.45) is 0 Å². The molecule has 4 heteroatoms. The fourth-order valence-corrected chi connectivity index (χ4v) is 1.19. The quantitative estimate of drug-likeness (QED) is 0.461. The third-order valence-electron chi connectivity index (χ3n) is 2.14. The van der Waals surface area contributed by atoms with Crippen molar-refractivity contribution in [2.45, 2.75) is 13.5 Å². The zero-order valence-electron chi connectivity index (χ0n) is 9.56. The van der Waals surface area contributed by atoms with Gasteiger partial charge in [0.2, 0.25) is 0 Å². The third-order valence-corrected chi connectivity index (χ3v) is 2.14. The molecule has 16 heavy (non-hydrogen) atoms. The van der Waals surface area contributed by atoms with Crippen LogP contribution in [0.2, 0.25) is 0 Å². The minimum Gasteiger partial charge on any atom is -0.466 e. The van der Waals surface area contributed by atoms with Crippen molar-refractivity contribution in [3.8, 4) is 0 Å². The van der Waals surface area contributed by atoms with E-state index >= 15 is 0 Å². The molecule has 0 atom stereocenters. The molecule has 0 bridgehead atoms. The molecule has 1 aromatic heterocycles. The molecule has 0 unspecified atom stereocenters. The van der Waals surface area contributed by atoms with Crippen LogP contribution in [-0.2, 0) is 16.1 Å². The Labute approximate surface area is 95.3 Å². The number of hydrogen-bond acceptors (Lipinski definition) is 4. The topological polar surface area (TPSA) is 51.2 Å². The number of aromatic nitrogens is 1. The summed E-state index contributed by atoms with van der Waals surface area (Å²) < 4.78 is 4.58. The predicted molar refractivity (Wildman–Crippen MR) is 61.7 cm³/mol. The second kappa shape index (κ2) is 6.74. The van der Waals surface area contributed by atoms with Gasteiger partial charge in [0, 0.05) is 31.1 Å². The molecule has 1 heterocycles. The van der Waals surface area contributed by atoms with Crippen LogP contribution in [0.1, 0.15) is 12.5 Å². The molecule has 0 radical (unpaired) electrons. The molecule has 0 amide bonds. The zero-order chi connectivity index (χ0) is 11.8. The first-order valence-corrected chi connectivity index (χ1v) is 5.08. The average Bonchev–Trinajstić information content (AvgIpc) is 2.34. The van der Waals surface area contributed by atoms with Crippen molar-refractivity contribution < 1.29 is 9.53 Å². The minimum atomic E-state index is -0.286. The minimum absolute atomic E-state index is 0.286. The van der Waals surface area contributed by atoms with Gasteiger partial charge in [0.1, 0.15) is 0 Å². The van der Waals surface area contributed by atoms with Crippen LogP contribution >= 0.6 is 0 Å². The number of nitrogens with one attached hydrogen (secondary N) is 1. The molecule has 1 aromatic rings. The maximum Gasteiger partial charge on any atom is 0.333 e. The summed E-state index contributed by atoms with van der Waals surface area (Å²) in [6, 6.07) is 3.90. The summed E-state index contributed by atoms with van der Waals surface area (Å²) in [6.45, 7) is 3.14. The van der Waals surface area contributed by atoms with E-state index in [1.54, 1.807) is 19.3 Å². The Bertz CT molecular complexity index is 361. The van der Waals surface area contributed by atoms with Crippen LogP contribution in [0.5, 0.6) is 0 Å². The summed E-state index contributed by atoms with van der Waals surface area (Å²) in [6.07, 6.45) is 5.33. The summed E-state index contributed by atoms with van der Waals surface area (Å²) in [5.74, 6) is -0.286. The maximum absolute atomic E-state index is 11.0. The smallest absolute Gasteiger partial charge is 0.333 e. The Morgan fingerprint density at radius 2 is 2.19 bits per heavy atom. The van der Waals surface area contributed by atoms with Crippen LogP contribution in [0.25, 0.3) is 0 Å². The van der Waals surface area contributed by atoms with Crippen molar-refractivity contribution in [2.75, 3.05) is 13.7 Å². The molecule has 0 saturated heterocycles. The van der Waals surface area contributed by atoms with Gasteiger partial charge in [-0.15, -0.1) is 0 Å². The van der Waals surface area contributed by atoms with Gasteiger partial charge in [0.25, 0.3) is 0 Å². The van der Waals surface area contributed by atoms with Gasteiger partial charge in [0.15, 0.2) is 0 Å². The number of carbonyl (C=O) groups excluding carboxylic acids is 1. The van der Waals surface area contributed by atoms with E-state index in [1.807, 2.05) is 18.2 Å². The van der Waals surface area contributed by atoms with Crippen LogP contribution in [0.15, 0.2) is 36.2 Å². The molecular weight excluding hydrogens is 204 g/mol. The van der Waals surface area contributed by atoms with Crippen molar-refractivity contribution >= 4 is 5.97 Å². The molecule has 0 saturated carbocycles. The first kappa shape index (κ1) is 12.4. The third kappa shape index (κ3) is 4.23. The van der Waals surface area contributed by atoms with E-state index in [9.17, 15) is 4.79 Å². The number of nitrogens with zero attached hydrogens (tertiary/aromatic N) is 1. The average molecular weight is 220 g/mol. The van der Waals surface area contributed by atoms with Gasteiger partial charge < -0.3 is 10.1 Å². The lowest BCUT2D eigenvalue weighted by molar-refractivity contribution is -0.136. The summed E-state index contributed by atoms with van der Waals surface area (Å²) in [7, 11) is 1.38. The summed E-state index contributed by atoms with van der Waals surface area (Å²) >= 11 is 0. The van der Waals surface area contributed by atoms with Crippen molar-refractivity contribution in [3.63, 3.8) is 0 Å². The molecule has 0 fully saturated rings. The van der Waals surface area contributed by atoms with Crippen molar-refractivity contribution in [1.82, 2.24) is 10.3 Å². The van der Waals surface area contributed by atoms with E-state index in [0.717, 1.165) is 6.54 Å². The van der Waals surface area contributed by atoms with E-state index in [-0.39, 0.29) is 5.97 Å². The normalized spacial score (nSPS) is 11.2. The van der Waals surface area contributed by atoms with Gasteiger partial charge >= 0.3 is 5.97 Å². The molecule has 0 spiro atoms. The Balaban J connectivity index is 2.29. The summed E-state index contributed by atoms with van der Waals surface area (Å²) in [5, 5.41) is 3.20. The second-order valence-corrected chi connectivity index (χ2v) is 3.37. The largest absolute Gasteiger partial charge is 0.466 e. The summed E-state index contributed by atoms with van der Waals surface area (Å²) in [5.41, 5.74) is 1.78. The number of esters is 1. The molecule has 1 rings (SSSR count). The zero-order valence-corrected chi connectivity index (χ0v) is 9.56. The van der Waals surface area contributed by atoms with Crippen LogP contribution in [0.3, 0.4) is 0 Å². The van der Waals surface area contributed by atoms with Crippen LogP contribution < -0.4 is 5.32 Å². The van der Waals surface area contributed by atoms with E-state index < -0.39 is 0 Å². The van der Waals surface area contributed by atoms with E-state index in [1.165, 1.54) is 12.7 Å². The lowest BCUT2D eigenvalue weighted by Gasteiger charge is -2.02. The lowest BCUT2D eigenvalue weighted by Crippen LogP contribution is -2.14. The van der Waals surface area contributed by atoms with E-state index in [0.29, 0.717) is 12.1 Å². The Kier molecular flexibility index (Phi) is 5.22. The van der Waals surface area contributed by atoms with Crippen molar-refractivity contribution in [3.05, 3.63) is 41.7 Å². The Hall–Kier alpha value is -1.68. The Morgan fingerprint density at radius 3 is 2.81 bits per heavy atom. The molecule has 1 N–H and O–H groups in total. The van der Waals surface area contributed by atoms with Gasteiger partial charge in [-0.3, -0.25) is 4.98 Å². The highest BCUT2D eigenvalue weighted by Crippen LogP contribution is 1.96. The monoisotopic (exact) mass is 220 g/mol. The fourth-order valence-electron chi connectivity index (χ4n) is 1.19. The number of carbonyl (C=O) groups is 1. The highest BCUT2D eigenvalue weighted by atomic mass is 16.5. The molecule has 4 nitrogen and oxygen atoms in total. The fraction of sp³-hybridized carbons (Fsp3) is 0.333. The Morgan fingerprint density at radius 1 is 1.50 bits per heavy atom. The van der Waals surface area contributed by atoms with Gasteiger partial charge in [-0.05, 0) is 24.6 Å². The SMILES string of the molecule is COC(=O)/C(C)=C/CNCc1ccncc1. The van der Waals surface area contributed by atoms with Crippen molar-refractivity contribution in [1.29, 1.82) is 0 Å². The standard InChI is InChI=1S/C12H16N2O2/c1-10(12(15)16-2)3-6-14-9-11-4-7-13-8-5-11/h3-5,7-8,14H,6,9H2,1-2H3/b10-3+. The lowest BCUT2D eigenvalue weighted by atomic mass is 10.2. The predicted octanol–water partition coefficient (Wildman–Crippen LogP) is 1.29. The molecule has 86 valence electrons. The maximum atomic E-state index is 11.0. The van der Waals surface area contributed by atoms with Gasteiger partial charge in [-0.25, -0.2) is 4.79 Å². The van der Waals surface area contributed by atoms with Gasteiger partial charge in [-0.1, -0.05) is 6.08 Å². The van der Waals surface area contributed by atoms with E-state index in [4.69, 9.17) is 0 Å². The number of pyridine rings is 1. The molecule has 0 aliphatic carbocycles. The molecule has 0 aliphatic heterocycles. The van der Waals surface area contributed by atoms with Crippen LogP contribution in [-0.4, -0.2) is 24.6 Å². The first-order valence-electron chi connectivity index (χ1n) is 5.08. The number of rotatable bonds is 5. The molecular formula is C12H16N2O2.